The van der Waals surface area contributed by atoms with Crippen molar-refractivity contribution in [3.05, 3.63) is 89.7 Å². The molecule has 2 heterocycles. The number of carbonyl (C=O) groups excluding carboxylic acids is 2. The third kappa shape index (κ3) is 4.73. The summed E-state index contributed by atoms with van der Waals surface area (Å²) in [6, 6.07) is 20.8. The third-order valence-electron chi connectivity index (χ3n) is 4.90. The fourth-order valence-electron chi connectivity index (χ4n) is 3.42. The highest BCUT2D eigenvalue weighted by Gasteiger charge is 2.44. The van der Waals surface area contributed by atoms with Crippen molar-refractivity contribution in [1.29, 1.82) is 0 Å². The van der Waals surface area contributed by atoms with Gasteiger partial charge in [-0.2, -0.15) is 0 Å². The monoisotopic (exact) mass is 450 g/mol. The normalized spacial score (nSPS) is 16.0. The number of para-hydroxylation sites is 1. The largest absolute Gasteiger partial charge is 0.330 e. The molecule has 0 bridgehead atoms. The van der Waals surface area contributed by atoms with Crippen LogP contribution in [0.2, 0.25) is 5.02 Å². The summed E-state index contributed by atoms with van der Waals surface area (Å²) < 4.78 is 0. The minimum atomic E-state index is -0.742. The molecule has 3 aromatic rings. The maximum absolute atomic E-state index is 13.4. The van der Waals surface area contributed by atoms with Crippen molar-refractivity contribution in [2.45, 2.75) is 19.0 Å². The van der Waals surface area contributed by atoms with Crippen LogP contribution in [0.25, 0.3) is 0 Å². The number of anilines is 2. The molecule has 0 spiro atoms. The van der Waals surface area contributed by atoms with Gasteiger partial charge in [-0.05, 0) is 60.7 Å². The zero-order valence-electron chi connectivity index (χ0n) is 16.4. The van der Waals surface area contributed by atoms with E-state index in [0.29, 0.717) is 28.1 Å². The Kier molecular flexibility index (Phi) is 6.25. The van der Waals surface area contributed by atoms with E-state index in [1.54, 1.807) is 47.5 Å². The Morgan fingerprint density at radius 2 is 1.74 bits per heavy atom. The van der Waals surface area contributed by atoms with Gasteiger partial charge in [0, 0.05) is 16.9 Å². The van der Waals surface area contributed by atoms with Crippen LogP contribution in [0.5, 0.6) is 0 Å². The van der Waals surface area contributed by atoms with Gasteiger partial charge in [-0.1, -0.05) is 35.9 Å². The van der Waals surface area contributed by atoms with Gasteiger partial charge in [0.25, 0.3) is 5.91 Å². The Morgan fingerprint density at radius 1 is 1.03 bits per heavy atom. The van der Waals surface area contributed by atoms with Crippen molar-refractivity contribution in [2.75, 3.05) is 10.2 Å². The molecule has 0 unspecified atom stereocenters. The summed E-state index contributed by atoms with van der Waals surface area (Å²) in [5.41, 5.74) is 2.03. The first-order valence-electron chi connectivity index (χ1n) is 9.68. The second kappa shape index (κ2) is 9.24. The Morgan fingerprint density at radius 3 is 2.42 bits per heavy atom. The standard InChI is InChI=1S/C23H19ClN4O2S/c24-16-9-11-19(12-10-16)28-22(30)20(14-21(29)26-17-6-2-1-3-7-17)27(23(28)31)15-18-8-4-5-13-25-18/h1-13,20H,14-15H2,(H,26,29)/t20-/m1/s1. The SMILES string of the molecule is O=C(C[C@@H]1C(=O)N(c2ccc(Cl)cc2)C(=S)N1Cc1ccccn1)Nc1ccccc1. The molecule has 2 aromatic carbocycles. The van der Waals surface area contributed by atoms with Gasteiger partial charge >= 0.3 is 0 Å². The predicted molar refractivity (Wildman–Crippen MR) is 125 cm³/mol. The van der Waals surface area contributed by atoms with E-state index in [9.17, 15) is 9.59 Å². The van der Waals surface area contributed by atoms with Crippen LogP contribution in [0.15, 0.2) is 79.0 Å². The van der Waals surface area contributed by atoms with E-state index >= 15 is 0 Å². The predicted octanol–water partition coefficient (Wildman–Crippen LogP) is 4.27. The quantitative estimate of drug-likeness (QED) is 0.568. The number of carbonyl (C=O) groups is 2. The molecule has 1 N–H and O–H groups in total. The van der Waals surface area contributed by atoms with Crippen LogP contribution in [0.4, 0.5) is 11.4 Å². The van der Waals surface area contributed by atoms with E-state index in [4.69, 9.17) is 23.8 Å². The van der Waals surface area contributed by atoms with E-state index in [1.807, 2.05) is 36.4 Å². The van der Waals surface area contributed by atoms with Gasteiger partial charge in [0.1, 0.15) is 6.04 Å². The maximum Gasteiger partial charge on any atom is 0.256 e. The molecule has 8 heteroatoms. The number of benzene rings is 2. The summed E-state index contributed by atoms with van der Waals surface area (Å²) in [5, 5.41) is 3.73. The summed E-state index contributed by atoms with van der Waals surface area (Å²) in [6.45, 7) is 0.318. The first-order valence-corrected chi connectivity index (χ1v) is 10.5. The number of nitrogens with zero attached hydrogens (tertiary/aromatic N) is 3. The molecule has 1 fully saturated rings. The first kappa shape index (κ1) is 21.0. The topological polar surface area (TPSA) is 65.5 Å². The van der Waals surface area contributed by atoms with Crippen LogP contribution < -0.4 is 10.2 Å². The van der Waals surface area contributed by atoms with Crippen LogP contribution >= 0.6 is 23.8 Å². The highest BCUT2D eigenvalue weighted by Crippen LogP contribution is 2.29. The molecule has 6 nitrogen and oxygen atoms in total. The molecule has 2 amide bonds. The third-order valence-corrected chi connectivity index (χ3v) is 5.57. The Balaban J connectivity index is 1.60. The van der Waals surface area contributed by atoms with Crippen molar-refractivity contribution in [3.8, 4) is 0 Å². The summed E-state index contributed by atoms with van der Waals surface area (Å²) in [7, 11) is 0. The second-order valence-corrected chi connectivity index (χ2v) is 7.82. The Labute approximate surface area is 190 Å². The number of nitrogens with one attached hydrogen (secondary N) is 1. The van der Waals surface area contributed by atoms with Gasteiger partial charge in [-0.15, -0.1) is 0 Å². The lowest BCUT2D eigenvalue weighted by Crippen LogP contribution is -2.37. The molecule has 1 atom stereocenters. The van der Waals surface area contributed by atoms with Crippen molar-refractivity contribution >= 4 is 52.1 Å². The lowest BCUT2D eigenvalue weighted by atomic mass is 10.1. The van der Waals surface area contributed by atoms with E-state index in [0.717, 1.165) is 5.69 Å². The molecule has 1 aromatic heterocycles. The number of halogens is 1. The number of amides is 2. The molecule has 0 saturated carbocycles. The number of hydrogen-bond donors (Lipinski definition) is 1. The van der Waals surface area contributed by atoms with Crippen LogP contribution in [0.1, 0.15) is 12.1 Å². The van der Waals surface area contributed by atoms with Crippen LogP contribution in [-0.4, -0.2) is 32.9 Å². The van der Waals surface area contributed by atoms with Crippen molar-refractivity contribution < 1.29 is 9.59 Å². The molecular weight excluding hydrogens is 432 g/mol. The Bertz CT molecular complexity index is 1090. The number of pyridine rings is 1. The fourth-order valence-corrected chi connectivity index (χ4v) is 3.93. The van der Waals surface area contributed by atoms with E-state index in [1.165, 1.54) is 4.90 Å². The van der Waals surface area contributed by atoms with E-state index in [-0.39, 0.29) is 18.2 Å². The summed E-state index contributed by atoms with van der Waals surface area (Å²) in [4.78, 5) is 33.6. The summed E-state index contributed by atoms with van der Waals surface area (Å²) in [6.07, 6.45) is 1.65. The number of hydrogen-bond acceptors (Lipinski definition) is 4. The molecule has 0 radical (unpaired) electrons. The Hall–Kier alpha value is -3.29. The number of thiocarbonyl (C=S) groups is 1. The number of rotatable bonds is 6. The molecule has 156 valence electrons. The highest BCUT2D eigenvalue weighted by molar-refractivity contribution is 7.80. The van der Waals surface area contributed by atoms with Crippen LogP contribution in [0, 0.1) is 0 Å². The highest BCUT2D eigenvalue weighted by atomic mass is 35.5. The molecular formula is C23H19ClN4O2S. The van der Waals surface area contributed by atoms with E-state index < -0.39 is 6.04 Å². The second-order valence-electron chi connectivity index (χ2n) is 7.02. The summed E-state index contributed by atoms with van der Waals surface area (Å²) >= 11 is 11.6. The van der Waals surface area contributed by atoms with E-state index in [2.05, 4.69) is 10.3 Å². The molecule has 31 heavy (non-hydrogen) atoms. The molecule has 1 aliphatic heterocycles. The summed E-state index contributed by atoms with van der Waals surface area (Å²) in [5.74, 6) is -0.525. The maximum atomic E-state index is 13.4. The minimum Gasteiger partial charge on any atom is -0.330 e. The van der Waals surface area contributed by atoms with Gasteiger partial charge in [-0.25, -0.2) is 0 Å². The van der Waals surface area contributed by atoms with Crippen LogP contribution in [-0.2, 0) is 16.1 Å². The van der Waals surface area contributed by atoms with Gasteiger partial charge in [0.05, 0.1) is 24.3 Å². The minimum absolute atomic E-state index is 0.0369. The van der Waals surface area contributed by atoms with Gasteiger partial charge in [0.15, 0.2) is 5.11 Å². The van der Waals surface area contributed by atoms with Crippen molar-refractivity contribution in [3.63, 3.8) is 0 Å². The lowest BCUT2D eigenvalue weighted by molar-refractivity contribution is -0.124. The lowest BCUT2D eigenvalue weighted by Gasteiger charge is -2.23. The van der Waals surface area contributed by atoms with Gasteiger partial charge in [-0.3, -0.25) is 19.5 Å². The molecule has 1 aliphatic rings. The zero-order chi connectivity index (χ0) is 21.8. The molecule has 4 rings (SSSR count). The molecule has 0 aliphatic carbocycles. The molecule has 1 saturated heterocycles. The van der Waals surface area contributed by atoms with Crippen molar-refractivity contribution in [1.82, 2.24) is 9.88 Å². The van der Waals surface area contributed by atoms with Crippen molar-refractivity contribution in [2.24, 2.45) is 0 Å². The average molecular weight is 451 g/mol. The average Bonchev–Trinajstić information content (AvgIpc) is 3.00. The zero-order valence-corrected chi connectivity index (χ0v) is 18.0. The first-order chi connectivity index (χ1) is 15.0. The smallest absolute Gasteiger partial charge is 0.256 e. The van der Waals surface area contributed by atoms with Gasteiger partial charge in [0.2, 0.25) is 5.91 Å². The number of aromatic nitrogens is 1. The van der Waals surface area contributed by atoms with Crippen LogP contribution in [0.3, 0.4) is 0 Å². The fraction of sp³-hybridized carbons (Fsp3) is 0.130. The van der Waals surface area contributed by atoms with Gasteiger partial charge < -0.3 is 10.2 Å².